The molecule has 0 amide bonds. The fraction of sp³-hybridized carbons (Fsp3) is 0.583. The van der Waals surface area contributed by atoms with Crippen molar-refractivity contribution in [2.45, 2.75) is 33.2 Å². The SMILES string of the molecule is CCOC(=O)CCn1c(N)nc2c(CC)nn(C)c21. The molecule has 0 bridgehead atoms. The summed E-state index contributed by atoms with van der Waals surface area (Å²) in [6.45, 7) is 4.65. The lowest BCUT2D eigenvalue weighted by Gasteiger charge is -2.06. The molecule has 2 heterocycles. The van der Waals surface area contributed by atoms with E-state index < -0.39 is 0 Å². The van der Waals surface area contributed by atoms with Crippen LogP contribution < -0.4 is 5.73 Å². The summed E-state index contributed by atoms with van der Waals surface area (Å²) in [7, 11) is 1.85. The Hall–Kier alpha value is -2.05. The first-order valence-electron chi connectivity index (χ1n) is 6.41. The molecule has 2 rings (SSSR count). The van der Waals surface area contributed by atoms with Gasteiger partial charge in [-0.25, -0.2) is 4.98 Å². The van der Waals surface area contributed by atoms with Gasteiger partial charge in [-0.05, 0) is 13.3 Å². The van der Waals surface area contributed by atoms with Gasteiger partial charge in [-0.1, -0.05) is 6.92 Å². The van der Waals surface area contributed by atoms with Crippen molar-refractivity contribution in [2.75, 3.05) is 12.3 Å². The number of ether oxygens (including phenoxy) is 1. The van der Waals surface area contributed by atoms with E-state index in [2.05, 4.69) is 10.1 Å². The Labute approximate surface area is 111 Å². The molecule has 0 saturated carbocycles. The molecule has 7 heteroatoms. The number of rotatable bonds is 5. The van der Waals surface area contributed by atoms with Crippen LogP contribution in [0.25, 0.3) is 11.2 Å². The highest BCUT2D eigenvalue weighted by Gasteiger charge is 2.17. The van der Waals surface area contributed by atoms with Crippen molar-refractivity contribution in [3.63, 3.8) is 0 Å². The molecule has 0 spiro atoms. The molecule has 0 aliphatic carbocycles. The van der Waals surface area contributed by atoms with Crippen molar-refractivity contribution in [3.8, 4) is 0 Å². The third-order valence-corrected chi connectivity index (χ3v) is 3.00. The third-order valence-electron chi connectivity index (χ3n) is 3.00. The van der Waals surface area contributed by atoms with Crippen molar-refractivity contribution >= 4 is 23.1 Å². The van der Waals surface area contributed by atoms with Crippen LogP contribution in [-0.4, -0.2) is 31.9 Å². The Balaban J connectivity index is 2.30. The fourth-order valence-electron chi connectivity index (χ4n) is 2.15. The number of carbonyl (C=O) groups is 1. The zero-order valence-corrected chi connectivity index (χ0v) is 11.5. The highest BCUT2D eigenvalue weighted by molar-refractivity contribution is 5.78. The minimum atomic E-state index is -0.235. The van der Waals surface area contributed by atoms with Crippen LogP contribution in [0, 0.1) is 0 Å². The van der Waals surface area contributed by atoms with E-state index in [9.17, 15) is 4.79 Å². The average molecular weight is 265 g/mol. The summed E-state index contributed by atoms with van der Waals surface area (Å²) in [5, 5.41) is 4.40. The van der Waals surface area contributed by atoms with Crippen LogP contribution in [0.2, 0.25) is 0 Å². The zero-order chi connectivity index (χ0) is 14.0. The summed E-state index contributed by atoms with van der Waals surface area (Å²) in [6.07, 6.45) is 1.07. The number of hydrogen-bond donors (Lipinski definition) is 1. The van der Waals surface area contributed by atoms with Gasteiger partial charge >= 0.3 is 5.97 Å². The maximum Gasteiger partial charge on any atom is 0.307 e. The lowest BCUT2D eigenvalue weighted by atomic mass is 10.3. The predicted molar refractivity (Wildman–Crippen MR) is 71.5 cm³/mol. The van der Waals surface area contributed by atoms with E-state index in [0.717, 1.165) is 23.3 Å². The highest BCUT2D eigenvalue weighted by Crippen LogP contribution is 2.21. The van der Waals surface area contributed by atoms with Crippen molar-refractivity contribution in [1.29, 1.82) is 0 Å². The molecule has 2 aromatic heterocycles. The fourth-order valence-corrected chi connectivity index (χ4v) is 2.15. The number of fused-ring (bicyclic) bond motifs is 1. The van der Waals surface area contributed by atoms with E-state index >= 15 is 0 Å². The number of hydrogen-bond acceptors (Lipinski definition) is 5. The number of esters is 1. The highest BCUT2D eigenvalue weighted by atomic mass is 16.5. The first-order chi connectivity index (χ1) is 9.08. The van der Waals surface area contributed by atoms with Crippen LogP contribution in [0.4, 0.5) is 5.95 Å². The van der Waals surface area contributed by atoms with Crippen molar-refractivity contribution in [3.05, 3.63) is 5.69 Å². The van der Waals surface area contributed by atoms with E-state index in [1.807, 2.05) is 14.0 Å². The monoisotopic (exact) mass is 265 g/mol. The van der Waals surface area contributed by atoms with E-state index in [4.69, 9.17) is 10.5 Å². The van der Waals surface area contributed by atoms with E-state index in [1.165, 1.54) is 0 Å². The molecule has 0 unspecified atom stereocenters. The molecule has 0 saturated heterocycles. The van der Waals surface area contributed by atoms with Gasteiger partial charge in [0.2, 0.25) is 5.95 Å². The summed E-state index contributed by atoms with van der Waals surface area (Å²) in [4.78, 5) is 15.7. The normalized spacial score (nSPS) is 11.1. The number of aromatic nitrogens is 4. The predicted octanol–water partition coefficient (Wildman–Crippen LogP) is 0.868. The Kier molecular flexibility index (Phi) is 3.73. The summed E-state index contributed by atoms with van der Waals surface area (Å²) in [5.74, 6) is 0.170. The summed E-state index contributed by atoms with van der Waals surface area (Å²) in [6, 6.07) is 0. The van der Waals surface area contributed by atoms with Crippen LogP contribution in [0.15, 0.2) is 0 Å². The maximum atomic E-state index is 11.4. The second-order valence-corrected chi connectivity index (χ2v) is 4.27. The van der Waals surface area contributed by atoms with Gasteiger partial charge in [0.05, 0.1) is 18.7 Å². The van der Waals surface area contributed by atoms with E-state index in [0.29, 0.717) is 19.1 Å². The summed E-state index contributed by atoms with van der Waals surface area (Å²) in [5.41, 5.74) is 8.48. The number of anilines is 1. The zero-order valence-electron chi connectivity index (χ0n) is 11.5. The molecule has 2 aromatic rings. The van der Waals surface area contributed by atoms with E-state index in [1.54, 1.807) is 16.2 Å². The number of nitrogens with zero attached hydrogens (tertiary/aromatic N) is 4. The summed E-state index contributed by atoms with van der Waals surface area (Å²) < 4.78 is 8.47. The van der Waals surface area contributed by atoms with Gasteiger partial charge < -0.3 is 10.5 Å². The standard InChI is InChI=1S/C12H19N5O2/c1-4-8-10-11(16(3)15-8)17(12(13)14-10)7-6-9(18)19-5-2/h4-7H2,1-3H3,(H2,13,14). The van der Waals surface area contributed by atoms with Crippen molar-refractivity contribution in [2.24, 2.45) is 7.05 Å². The maximum absolute atomic E-state index is 11.4. The molecular weight excluding hydrogens is 246 g/mol. The molecular formula is C12H19N5O2. The minimum absolute atomic E-state index is 0.235. The molecule has 0 aromatic carbocycles. The van der Waals surface area contributed by atoms with Gasteiger partial charge in [0, 0.05) is 13.6 Å². The van der Waals surface area contributed by atoms with Gasteiger partial charge in [0.25, 0.3) is 0 Å². The quantitative estimate of drug-likeness (QED) is 0.810. The number of imidazole rings is 1. The smallest absolute Gasteiger partial charge is 0.307 e. The van der Waals surface area contributed by atoms with Crippen molar-refractivity contribution in [1.82, 2.24) is 19.3 Å². The van der Waals surface area contributed by atoms with Crippen LogP contribution >= 0.6 is 0 Å². The van der Waals surface area contributed by atoms with Gasteiger partial charge in [0.1, 0.15) is 5.52 Å². The molecule has 19 heavy (non-hydrogen) atoms. The van der Waals surface area contributed by atoms with Gasteiger partial charge in [-0.15, -0.1) is 0 Å². The third kappa shape index (κ3) is 2.40. The Morgan fingerprint density at radius 3 is 2.79 bits per heavy atom. The number of carbonyl (C=O) groups excluding carboxylic acids is 1. The molecule has 2 N–H and O–H groups in total. The van der Waals surface area contributed by atoms with Crippen LogP contribution in [-0.2, 0) is 29.5 Å². The van der Waals surface area contributed by atoms with Crippen molar-refractivity contribution < 1.29 is 9.53 Å². The molecule has 0 aliphatic heterocycles. The molecule has 7 nitrogen and oxygen atoms in total. The van der Waals surface area contributed by atoms with Crippen LogP contribution in [0.3, 0.4) is 0 Å². The largest absolute Gasteiger partial charge is 0.466 e. The number of nitrogens with two attached hydrogens (primary N) is 1. The number of aryl methyl sites for hydroxylation is 3. The lowest BCUT2D eigenvalue weighted by Crippen LogP contribution is -2.12. The Morgan fingerprint density at radius 2 is 2.16 bits per heavy atom. The summed E-state index contributed by atoms with van der Waals surface area (Å²) >= 11 is 0. The lowest BCUT2D eigenvalue weighted by molar-refractivity contribution is -0.143. The van der Waals surface area contributed by atoms with Gasteiger partial charge in [-0.2, -0.15) is 5.10 Å². The first kappa shape index (κ1) is 13.4. The molecule has 104 valence electrons. The molecule has 0 atom stereocenters. The van der Waals surface area contributed by atoms with Crippen LogP contribution in [0.5, 0.6) is 0 Å². The van der Waals surface area contributed by atoms with Gasteiger partial charge in [0.15, 0.2) is 5.65 Å². The van der Waals surface area contributed by atoms with Gasteiger partial charge in [-0.3, -0.25) is 14.0 Å². The second kappa shape index (κ2) is 5.29. The molecule has 0 fully saturated rings. The Bertz CT molecular complexity index is 599. The van der Waals surface area contributed by atoms with E-state index in [-0.39, 0.29) is 12.4 Å². The minimum Gasteiger partial charge on any atom is -0.466 e. The van der Waals surface area contributed by atoms with Crippen LogP contribution in [0.1, 0.15) is 26.0 Å². The number of nitrogen functional groups attached to an aromatic ring is 1. The molecule has 0 radical (unpaired) electrons. The average Bonchev–Trinajstić information content (AvgIpc) is 2.85. The Morgan fingerprint density at radius 1 is 1.42 bits per heavy atom. The first-order valence-corrected chi connectivity index (χ1v) is 6.41. The molecule has 0 aliphatic rings. The topological polar surface area (TPSA) is 88.0 Å². The second-order valence-electron chi connectivity index (χ2n) is 4.27.